The third-order valence-corrected chi connectivity index (χ3v) is 4.75. The Morgan fingerprint density at radius 1 is 1.12 bits per heavy atom. The van der Waals surface area contributed by atoms with E-state index in [0.717, 1.165) is 28.9 Å². The molecule has 4 heteroatoms. The van der Waals surface area contributed by atoms with Gasteiger partial charge in [-0.15, -0.1) is 0 Å². The number of carbonyl (C=O) groups is 1. The van der Waals surface area contributed by atoms with Gasteiger partial charge in [0.1, 0.15) is 6.17 Å². The van der Waals surface area contributed by atoms with Crippen LogP contribution in [0.1, 0.15) is 42.4 Å². The monoisotopic (exact) mass is 323 g/mol. The van der Waals surface area contributed by atoms with Gasteiger partial charge in [-0.05, 0) is 43.2 Å². The van der Waals surface area contributed by atoms with Crippen LogP contribution in [0.4, 0.5) is 11.4 Å². The molecule has 1 heterocycles. The van der Waals surface area contributed by atoms with Crippen molar-refractivity contribution in [2.24, 2.45) is 0 Å². The van der Waals surface area contributed by atoms with Crippen molar-refractivity contribution in [3.8, 4) is 0 Å². The largest absolute Gasteiger partial charge is 0.378 e. The summed E-state index contributed by atoms with van der Waals surface area (Å²) in [5.41, 5.74) is 3.91. The molecule has 2 atom stereocenters. The van der Waals surface area contributed by atoms with Crippen molar-refractivity contribution in [1.82, 2.24) is 4.90 Å². The molecule has 2 aromatic carbocycles. The van der Waals surface area contributed by atoms with Crippen LogP contribution >= 0.6 is 0 Å². The zero-order valence-corrected chi connectivity index (χ0v) is 14.8. The van der Waals surface area contributed by atoms with Crippen LogP contribution in [0.25, 0.3) is 0 Å². The lowest BCUT2D eigenvalue weighted by atomic mass is 10.0. The molecule has 0 bridgehead atoms. The average molecular weight is 323 g/mol. The van der Waals surface area contributed by atoms with Crippen molar-refractivity contribution in [3.05, 3.63) is 59.7 Å². The maximum Gasteiger partial charge on any atom is 0.258 e. The molecule has 0 fully saturated rings. The summed E-state index contributed by atoms with van der Waals surface area (Å²) in [4.78, 5) is 17.1. The number of amides is 1. The van der Waals surface area contributed by atoms with E-state index in [2.05, 4.69) is 48.3 Å². The first-order valence-corrected chi connectivity index (χ1v) is 8.48. The smallest absolute Gasteiger partial charge is 0.258 e. The molecule has 4 nitrogen and oxygen atoms in total. The Bertz CT molecular complexity index is 724. The van der Waals surface area contributed by atoms with Crippen LogP contribution in [0.2, 0.25) is 0 Å². The van der Waals surface area contributed by atoms with Gasteiger partial charge in [0.2, 0.25) is 0 Å². The Labute approximate surface area is 144 Å². The summed E-state index contributed by atoms with van der Waals surface area (Å²) in [6.45, 7) is 4.22. The molecule has 0 unspecified atom stereocenters. The Kier molecular flexibility index (Phi) is 4.47. The zero-order chi connectivity index (χ0) is 17.3. The van der Waals surface area contributed by atoms with Gasteiger partial charge in [-0.2, -0.15) is 0 Å². The standard InChI is InChI=1S/C20H25N3O/c1-5-14(2)23-19(15-10-12-16(13-11-15)22(3)4)21-18-9-7-6-8-17(18)20(23)24/h6-14,19,21H,5H2,1-4H3/t14-,19-/m1/s1. The molecular weight excluding hydrogens is 298 g/mol. The van der Waals surface area contributed by atoms with E-state index in [9.17, 15) is 4.79 Å². The summed E-state index contributed by atoms with van der Waals surface area (Å²) < 4.78 is 0. The van der Waals surface area contributed by atoms with Crippen LogP contribution < -0.4 is 10.2 Å². The van der Waals surface area contributed by atoms with Gasteiger partial charge in [-0.1, -0.05) is 31.2 Å². The van der Waals surface area contributed by atoms with Gasteiger partial charge in [0.15, 0.2) is 0 Å². The maximum absolute atomic E-state index is 13.1. The summed E-state index contributed by atoms with van der Waals surface area (Å²) in [6.07, 6.45) is 0.778. The number of carbonyl (C=O) groups excluding carboxylic acids is 1. The first kappa shape index (κ1) is 16.4. The van der Waals surface area contributed by atoms with E-state index in [1.807, 2.05) is 43.3 Å². The lowest BCUT2D eigenvalue weighted by Crippen LogP contribution is -2.47. The summed E-state index contributed by atoms with van der Waals surface area (Å²) in [5.74, 6) is 0.0976. The number of hydrogen-bond acceptors (Lipinski definition) is 3. The van der Waals surface area contributed by atoms with E-state index in [4.69, 9.17) is 0 Å². The number of para-hydroxylation sites is 1. The second-order valence-corrected chi connectivity index (χ2v) is 6.55. The highest BCUT2D eigenvalue weighted by atomic mass is 16.2. The first-order valence-electron chi connectivity index (χ1n) is 8.48. The normalized spacial score (nSPS) is 17.9. The van der Waals surface area contributed by atoms with E-state index in [0.29, 0.717) is 0 Å². The van der Waals surface area contributed by atoms with Gasteiger partial charge in [0.05, 0.1) is 5.56 Å². The van der Waals surface area contributed by atoms with Gasteiger partial charge in [0, 0.05) is 31.5 Å². The van der Waals surface area contributed by atoms with Gasteiger partial charge in [-0.25, -0.2) is 0 Å². The van der Waals surface area contributed by atoms with Gasteiger partial charge >= 0.3 is 0 Å². The van der Waals surface area contributed by atoms with Gasteiger partial charge < -0.3 is 15.1 Å². The van der Waals surface area contributed by atoms with Crippen molar-refractivity contribution in [3.63, 3.8) is 0 Å². The third-order valence-electron chi connectivity index (χ3n) is 4.75. The molecule has 3 rings (SSSR count). The van der Waals surface area contributed by atoms with E-state index in [-0.39, 0.29) is 18.1 Å². The molecule has 0 aromatic heterocycles. The fourth-order valence-corrected chi connectivity index (χ4v) is 3.12. The van der Waals surface area contributed by atoms with Crippen LogP contribution in [0.5, 0.6) is 0 Å². The summed E-state index contributed by atoms with van der Waals surface area (Å²) >= 11 is 0. The Hall–Kier alpha value is -2.49. The van der Waals surface area contributed by atoms with Crippen molar-refractivity contribution >= 4 is 17.3 Å². The molecule has 0 saturated carbocycles. The minimum absolute atomic E-state index is 0.0976. The molecule has 0 saturated heterocycles. The van der Waals surface area contributed by atoms with E-state index < -0.39 is 0 Å². The van der Waals surface area contributed by atoms with E-state index >= 15 is 0 Å². The molecule has 1 N–H and O–H groups in total. The van der Waals surface area contributed by atoms with Crippen molar-refractivity contribution < 1.29 is 4.79 Å². The minimum Gasteiger partial charge on any atom is -0.378 e. The van der Waals surface area contributed by atoms with Crippen molar-refractivity contribution in [1.29, 1.82) is 0 Å². The summed E-state index contributed by atoms with van der Waals surface area (Å²) in [7, 11) is 4.05. The van der Waals surface area contributed by atoms with E-state index in [1.165, 1.54) is 0 Å². The number of nitrogens with one attached hydrogen (secondary N) is 1. The Morgan fingerprint density at radius 2 is 1.79 bits per heavy atom. The predicted molar refractivity (Wildman–Crippen MR) is 99.5 cm³/mol. The van der Waals surface area contributed by atoms with Gasteiger partial charge in [-0.3, -0.25) is 4.79 Å². The Morgan fingerprint density at radius 3 is 2.42 bits per heavy atom. The number of fused-ring (bicyclic) bond motifs is 1. The fraction of sp³-hybridized carbons (Fsp3) is 0.350. The molecule has 0 spiro atoms. The molecule has 1 aliphatic heterocycles. The second kappa shape index (κ2) is 6.56. The summed E-state index contributed by atoms with van der Waals surface area (Å²) in [6, 6.07) is 16.3. The first-order chi connectivity index (χ1) is 11.5. The molecule has 126 valence electrons. The molecule has 0 aliphatic carbocycles. The third kappa shape index (κ3) is 2.84. The second-order valence-electron chi connectivity index (χ2n) is 6.55. The topological polar surface area (TPSA) is 35.6 Å². The molecule has 1 aliphatic rings. The number of anilines is 2. The number of rotatable bonds is 4. The number of benzene rings is 2. The number of nitrogens with zero attached hydrogens (tertiary/aromatic N) is 2. The molecular formula is C20H25N3O. The maximum atomic E-state index is 13.1. The molecule has 0 radical (unpaired) electrons. The molecule has 24 heavy (non-hydrogen) atoms. The van der Waals surface area contributed by atoms with Crippen LogP contribution in [-0.2, 0) is 0 Å². The van der Waals surface area contributed by atoms with Crippen LogP contribution in [0, 0.1) is 0 Å². The molecule has 2 aromatic rings. The highest BCUT2D eigenvalue weighted by molar-refractivity contribution is 6.01. The van der Waals surface area contributed by atoms with Crippen LogP contribution in [0.3, 0.4) is 0 Å². The lowest BCUT2D eigenvalue weighted by molar-refractivity contribution is 0.0593. The van der Waals surface area contributed by atoms with Crippen molar-refractivity contribution in [2.45, 2.75) is 32.5 Å². The van der Waals surface area contributed by atoms with E-state index in [1.54, 1.807) is 0 Å². The van der Waals surface area contributed by atoms with Crippen LogP contribution in [0.15, 0.2) is 48.5 Å². The summed E-state index contributed by atoms with van der Waals surface area (Å²) in [5, 5.41) is 3.55. The highest BCUT2D eigenvalue weighted by Crippen LogP contribution is 2.35. The predicted octanol–water partition coefficient (Wildman–Crippen LogP) is 4.12. The van der Waals surface area contributed by atoms with Gasteiger partial charge in [0.25, 0.3) is 5.91 Å². The average Bonchev–Trinajstić information content (AvgIpc) is 2.61. The van der Waals surface area contributed by atoms with Crippen molar-refractivity contribution in [2.75, 3.05) is 24.3 Å². The highest BCUT2D eigenvalue weighted by Gasteiger charge is 2.35. The molecule has 1 amide bonds. The zero-order valence-electron chi connectivity index (χ0n) is 14.8. The minimum atomic E-state index is -0.140. The quantitative estimate of drug-likeness (QED) is 0.919. The fourth-order valence-electron chi connectivity index (χ4n) is 3.12. The Balaban J connectivity index is 2.02. The SMILES string of the molecule is CC[C@@H](C)N1C(=O)c2ccccc2N[C@H]1c1ccc(N(C)C)cc1. The number of hydrogen-bond donors (Lipinski definition) is 1. The van der Waals surface area contributed by atoms with Crippen LogP contribution in [-0.4, -0.2) is 30.9 Å². The lowest BCUT2D eigenvalue weighted by Gasteiger charge is -2.41.